The Morgan fingerprint density at radius 3 is 2.85 bits per heavy atom. The number of rotatable bonds is 1. The molecular formula is C12H17Cl. The van der Waals surface area contributed by atoms with Gasteiger partial charge in [0.2, 0.25) is 0 Å². The third kappa shape index (κ3) is 3.44. The molecular weight excluding hydrogens is 180 g/mol. The number of hydrogen-bond acceptors (Lipinski definition) is 0. The van der Waals surface area contributed by atoms with Gasteiger partial charge in [-0.3, -0.25) is 0 Å². The van der Waals surface area contributed by atoms with Crippen LogP contribution in [-0.4, -0.2) is 5.38 Å². The highest BCUT2D eigenvalue weighted by atomic mass is 35.5. The van der Waals surface area contributed by atoms with E-state index >= 15 is 0 Å². The summed E-state index contributed by atoms with van der Waals surface area (Å²) in [5.74, 6) is 6.02. The molecule has 0 amide bonds. The van der Waals surface area contributed by atoms with Crippen molar-refractivity contribution in [1.29, 1.82) is 0 Å². The van der Waals surface area contributed by atoms with Crippen molar-refractivity contribution in [2.24, 2.45) is 5.41 Å². The van der Waals surface area contributed by atoms with Crippen LogP contribution < -0.4 is 0 Å². The summed E-state index contributed by atoms with van der Waals surface area (Å²) in [7, 11) is 0. The van der Waals surface area contributed by atoms with E-state index in [4.69, 9.17) is 11.6 Å². The fraction of sp³-hybridized carbons (Fsp3) is 0.667. The summed E-state index contributed by atoms with van der Waals surface area (Å²) in [6.07, 6.45) is 5.29. The second-order valence-corrected chi connectivity index (χ2v) is 5.05. The summed E-state index contributed by atoms with van der Waals surface area (Å²) in [6, 6.07) is 0. The minimum Gasteiger partial charge on any atom is -0.118 e. The minimum absolute atomic E-state index is 0.206. The lowest BCUT2D eigenvalue weighted by molar-refractivity contribution is 0.321. The number of hydrogen-bond donors (Lipinski definition) is 0. The molecule has 1 aliphatic rings. The van der Waals surface area contributed by atoms with Crippen LogP contribution in [-0.2, 0) is 0 Å². The SMILES string of the molecule is CC#CCC1=CC(Cl)CC(C)(C)C1. The maximum absolute atomic E-state index is 6.15. The van der Waals surface area contributed by atoms with E-state index in [2.05, 4.69) is 31.8 Å². The lowest BCUT2D eigenvalue weighted by atomic mass is 9.76. The van der Waals surface area contributed by atoms with Crippen molar-refractivity contribution in [2.45, 2.75) is 45.4 Å². The Morgan fingerprint density at radius 1 is 1.62 bits per heavy atom. The summed E-state index contributed by atoms with van der Waals surface area (Å²) in [6.45, 7) is 6.43. The van der Waals surface area contributed by atoms with E-state index in [9.17, 15) is 0 Å². The average Bonchev–Trinajstić information content (AvgIpc) is 1.97. The second-order valence-electron chi connectivity index (χ2n) is 4.49. The van der Waals surface area contributed by atoms with Gasteiger partial charge in [0.05, 0.1) is 5.38 Å². The normalized spacial score (nSPS) is 25.8. The molecule has 0 saturated carbocycles. The smallest absolute Gasteiger partial charge is 0.0524 e. The third-order valence-corrected chi connectivity index (χ3v) is 2.64. The first kappa shape index (κ1) is 10.7. The van der Waals surface area contributed by atoms with Gasteiger partial charge in [0, 0.05) is 6.42 Å². The predicted molar refractivity (Wildman–Crippen MR) is 58.8 cm³/mol. The van der Waals surface area contributed by atoms with Gasteiger partial charge in [-0.25, -0.2) is 0 Å². The molecule has 0 heterocycles. The molecule has 0 aromatic rings. The topological polar surface area (TPSA) is 0 Å². The van der Waals surface area contributed by atoms with Crippen LogP contribution in [0.2, 0.25) is 0 Å². The fourth-order valence-corrected chi connectivity index (χ4v) is 2.51. The molecule has 1 heteroatoms. The van der Waals surface area contributed by atoms with Crippen LogP contribution in [0, 0.1) is 17.3 Å². The van der Waals surface area contributed by atoms with Crippen LogP contribution in [0.3, 0.4) is 0 Å². The van der Waals surface area contributed by atoms with E-state index in [1.165, 1.54) is 5.57 Å². The first-order valence-electron chi connectivity index (χ1n) is 4.77. The van der Waals surface area contributed by atoms with Crippen LogP contribution in [0.25, 0.3) is 0 Å². The second kappa shape index (κ2) is 4.20. The zero-order chi connectivity index (χ0) is 9.90. The highest BCUT2D eigenvalue weighted by Gasteiger charge is 2.26. The molecule has 1 aliphatic carbocycles. The quantitative estimate of drug-likeness (QED) is 0.341. The molecule has 0 aromatic heterocycles. The molecule has 0 saturated heterocycles. The Labute approximate surface area is 86.4 Å². The molecule has 72 valence electrons. The van der Waals surface area contributed by atoms with Crippen molar-refractivity contribution >= 4 is 11.6 Å². The van der Waals surface area contributed by atoms with E-state index < -0.39 is 0 Å². The summed E-state index contributed by atoms with van der Waals surface area (Å²) in [5, 5.41) is 0.206. The standard InChI is InChI=1S/C12H17Cl/c1-4-5-6-10-7-11(13)9-12(2,3)8-10/h7,11H,6,8-9H2,1-3H3. The van der Waals surface area contributed by atoms with Crippen molar-refractivity contribution in [3.8, 4) is 11.8 Å². The molecule has 1 atom stereocenters. The predicted octanol–water partition coefficient (Wildman–Crippen LogP) is 3.75. The first-order valence-corrected chi connectivity index (χ1v) is 5.20. The van der Waals surface area contributed by atoms with Crippen molar-refractivity contribution in [1.82, 2.24) is 0 Å². The third-order valence-electron chi connectivity index (χ3n) is 2.36. The van der Waals surface area contributed by atoms with Crippen molar-refractivity contribution in [2.75, 3.05) is 0 Å². The van der Waals surface area contributed by atoms with Crippen LogP contribution in [0.15, 0.2) is 11.6 Å². The highest BCUT2D eigenvalue weighted by Crippen LogP contribution is 2.38. The molecule has 0 fully saturated rings. The minimum atomic E-state index is 0.206. The van der Waals surface area contributed by atoms with Crippen molar-refractivity contribution in [3.05, 3.63) is 11.6 Å². The van der Waals surface area contributed by atoms with E-state index in [1.54, 1.807) is 0 Å². The summed E-state index contributed by atoms with van der Waals surface area (Å²) in [5.41, 5.74) is 1.76. The van der Waals surface area contributed by atoms with Gasteiger partial charge in [0.1, 0.15) is 0 Å². The molecule has 0 aliphatic heterocycles. The van der Waals surface area contributed by atoms with Crippen LogP contribution in [0.1, 0.15) is 40.0 Å². The zero-order valence-corrected chi connectivity index (χ0v) is 9.41. The number of alkyl halides is 1. The Kier molecular flexibility index (Phi) is 3.45. The summed E-state index contributed by atoms with van der Waals surface area (Å²) in [4.78, 5) is 0. The molecule has 13 heavy (non-hydrogen) atoms. The van der Waals surface area contributed by atoms with Crippen LogP contribution in [0.4, 0.5) is 0 Å². The zero-order valence-electron chi connectivity index (χ0n) is 8.65. The van der Waals surface area contributed by atoms with Crippen LogP contribution in [0.5, 0.6) is 0 Å². The summed E-state index contributed by atoms with van der Waals surface area (Å²) >= 11 is 6.15. The largest absolute Gasteiger partial charge is 0.118 e. The fourth-order valence-electron chi connectivity index (χ4n) is 1.91. The average molecular weight is 197 g/mol. The first-order chi connectivity index (χ1) is 6.03. The van der Waals surface area contributed by atoms with Crippen LogP contribution >= 0.6 is 11.6 Å². The Balaban J connectivity index is 2.67. The van der Waals surface area contributed by atoms with Gasteiger partial charge in [-0.1, -0.05) is 31.4 Å². The van der Waals surface area contributed by atoms with Gasteiger partial charge in [0.15, 0.2) is 0 Å². The lowest BCUT2D eigenvalue weighted by Crippen LogP contribution is -2.22. The molecule has 1 rings (SSSR count). The van der Waals surface area contributed by atoms with Crippen molar-refractivity contribution in [3.63, 3.8) is 0 Å². The molecule has 0 spiro atoms. The number of halogens is 1. The maximum Gasteiger partial charge on any atom is 0.0524 e. The van der Waals surface area contributed by atoms with E-state index in [-0.39, 0.29) is 5.38 Å². The van der Waals surface area contributed by atoms with Gasteiger partial charge in [-0.15, -0.1) is 17.5 Å². The Bertz CT molecular complexity index is 263. The van der Waals surface area contributed by atoms with Gasteiger partial charge < -0.3 is 0 Å². The van der Waals surface area contributed by atoms with Crippen molar-refractivity contribution < 1.29 is 0 Å². The summed E-state index contributed by atoms with van der Waals surface area (Å²) < 4.78 is 0. The van der Waals surface area contributed by atoms with Gasteiger partial charge in [-0.05, 0) is 25.2 Å². The van der Waals surface area contributed by atoms with E-state index in [0.717, 1.165) is 19.3 Å². The molecule has 0 N–H and O–H groups in total. The maximum atomic E-state index is 6.15. The van der Waals surface area contributed by atoms with Gasteiger partial charge in [0.25, 0.3) is 0 Å². The van der Waals surface area contributed by atoms with E-state index in [1.807, 2.05) is 6.92 Å². The Hall–Kier alpha value is -0.410. The number of allylic oxidation sites excluding steroid dienone is 2. The molecule has 1 unspecified atom stereocenters. The lowest BCUT2D eigenvalue weighted by Gasteiger charge is -2.31. The van der Waals surface area contributed by atoms with Gasteiger partial charge >= 0.3 is 0 Å². The molecule has 0 nitrogen and oxygen atoms in total. The Morgan fingerprint density at radius 2 is 2.31 bits per heavy atom. The highest BCUT2D eigenvalue weighted by molar-refractivity contribution is 6.21. The van der Waals surface area contributed by atoms with Gasteiger partial charge in [-0.2, -0.15) is 0 Å². The van der Waals surface area contributed by atoms with E-state index in [0.29, 0.717) is 5.41 Å². The molecule has 0 aromatic carbocycles. The monoisotopic (exact) mass is 196 g/mol. The molecule has 0 bridgehead atoms. The molecule has 0 radical (unpaired) electrons.